The normalized spacial score (nSPS) is 13.1. The van der Waals surface area contributed by atoms with Gasteiger partial charge in [-0.15, -0.1) is 0 Å². The van der Waals surface area contributed by atoms with Crippen molar-refractivity contribution in [2.45, 2.75) is 12.8 Å². The molecule has 17 heavy (non-hydrogen) atoms. The second-order valence-electron chi connectivity index (χ2n) is 3.11. The molecule has 0 rings (SSSR count). The average Bonchev–Trinajstić information content (AvgIpc) is 2.37. The Morgan fingerprint density at radius 1 is 0.765 bits per heavy atom. The fourth-order valence-electron chi connectivity index (χ4n) is 1.30. The molecule has 0 spiro atoms. The molecule has 0 aliphatic heterocycles. The molecule has 0 aliphatic rings. The molecule has 4 radical (unpaired) electrons. The molecule has 0 saturated heterocycles. The van der Waals surface area contributed by atoms with Crippen molar-refractivity contribution in [3.63, 3.8) is 0 Å². The van der Waals surface area contributed by atoms with Gasteiger partial charge in [-0.2, -0.15) is 0 Å². The maximum atomic E-state index is 5.90. The molecular formula is C10H22O5Si2. The van der Waals surface area contributed by atoms with Crippen LogP contribution in [0.3, 0.4) is 0 Å². The summed E-state index contributed by atoms with van der Waals surface area (Å²) in [6.07, 6.45) is 1.08. The first kappa shape index (κ1) is 17.2. The average molecular weight is 278 g/mol. The van der Waals surface area contributed by atoms with Gasteiger partial charge in [0.15, 0.2) is 0 Å². The molecule has 0 heterocycles. The standard InChI is InChI=1S/C10H22O5Si2/c1-7-9-16(11-3,12-4)15-17(13-5,14-6)10-8-2/h9-10H,1-2,7-8H2,3-6H3. The van der Waals surface area contributed by atoms with Crippen LogP contribution >= 0.6 is 0 Å². The third-order valence-electron chi connectivity index (χ3n) is 2.21. The van der Waals surface area contributed by atoms with E-state index in [2.05, 4.69) is 13.8 Å². The molecule has 0 fully saturated rings. The molecule has 0 aromatic carbocycles. The smallest absolute Gasteiger partial charge is 0.377 e. The van der Waals surface area contributed by atoms with Gasteiger partial charge < -0.3 is 21.8 Å². The third kappa shape index (κ3) is 4.78. The lowest BCUT2D eigenvalue weighted by molar-refractivity contribution is 0.0974. The van der Waals surface area contributed by atoms with E-state index >= 15 is 0 Å². The van der Waals surface area contributed by atoms with Gasteiger partial charge in [0.25, 0.3) is 0 Å². The monoisotopic (exact) mass is 278 g/mol. The Labute approximate surface area is 107 Å². The molecule has 0 aromatic heterocycles. The maximum Gasteiger partial charge on any atom is 0.496 e. The van der Waals surface area contributed by atoms with Crippen molar-refractivity contribution in [3.05, 3.63) is 25.9 Å². The summed E-state index contributed by atoms with van der Waals surface area (Å²) in [7, 11) is 0.367. The summed E-state index contributed by atoms with van der Waals surface area (Å²) in [5, 5.41) is 0. The summed E-state index contributed by atoms with van der Waals surface area (Å²) < 4.78 is 27.4. The van der Waals surface area contributed by atoms with Crippen LogP contribution in [0.1, 0.15) is 12.8 Å². The zero-order chi connectivity index (χ0) is 13.4. The molecule has 0 N–H and O–H groups in total. The van der Waals surface area contributed by atoms with Crippen molar-refractivity contribution in [1.29, 1.82) is 0 Å². The van der Waals surface area contributed by atoms with Crippen LogP contribution in [0.4, 0.5) is 0 Å². The van der Waals surface area contributed by atoms with Crippen molar-refractivity contribution in [2.75, 3.05) is 28.4 Å². The minimum Gasteiger partial charge on any atom is -0.377 e. The Balaban J connectivity index is 4.89. The van der Waals surface area contributed by atoms with Crippen molar-refractivity contribution >= 4 is 17.6 Å². The van der Waals surface area contributed by atoms with E-state index in [9.17, 15) is 0 Å². The lowest BCUT2D eigenvalue weighted by Crippen LogP contribution is -2.58. The Morgan fingerprint density at radius 2 is 1.06 bits per heavy atom. The Hall–Kier alpha value is 0.234. The fraction of sp³-hybridized carbons (Fsp3) is 0.600. The van der Waals surface area contributed by atoms with E-state index in [1.807, 2.05) is 0 Å². The summed E-state index contributed by atoms with van der Waals surface area (Å²) in [5.41, 5.74) is 0. The second kappa shape index (κ2) is 8.36. The van der Waals surface area contributed by atoms with Crippen molar-refractivity contribution in [1.82, 2.24) is 0 Å². The Kier molecular flexibility index (Phi) is 8.47. The molecular weight excluding hydrogens is 256 g/mol. The Bertz CT molecular complexity index is 175. The SMILES string of the molecule is [CH2]C[CH][Si](OC)(OC)O[Si]([CH]C[CH2])(OC)OC. The first-order valence-corrected chi connectivity index (χ1v) is 8.86. The van der Waals surface area contributed by atoms with Crippen LogP contribution in [-0.2, 0) is 21.8 Å². The highest BCUT2D eigenvalue weighted by molar-refractivity contribution is 6.78. The maximum absolute atomic E-state index is 5.90. The van der Waals surface area contributed by atoms with Gasteiger partial charge >= 0.3 is 17.6 Å². The second-order valence-corrected chi connectivity index (χ2v) is 8.79. The quantitative estimate of drug-likeness (QED) is 0.565. The number of hydrogen-bond acceptors (Lipinski definition) is 5. The van der Waals surface area contributed by atoms with Gasteiger partial charge in [-0.25, -0.2) is 0 Å². The van der Waals surface area contributed by atoms with Gasteiger partial charge in [0.05, 0.1) is 0 Å². The van der Waals surface area contributed by atoms with Gasteiger partial charge in [0, 0.05) is 40.5 Å². The molecule has 0 atom stereocenters. The van der Waals surface area contributed by atoms with E-state index in [0.29, 0.717) is 12.8 Å². The van der Waals surface area contributed by atoms with Crippen molar-refractivity contribution in [2.24, 2.45) is 0 Å². The van der Waals surface area contributed by atoms with Crippen molar-refractivity contribution < 1.29 is 21.8 Å². The van der Waals surface area contributed by atoms with Crippen LogP contribution in [0.15, 0.2) is 0 Å². The van der Waals surface area contributed by atoms with E-state index < -0.39 is 17.6 Å². The van der Waals surface area contributed by atoms with Gasteiger partial charge in [0.1, 0.15) is 0 Å². The van der Waals surface area contributed by atoms with Crippen LogP contribution in [-0.4, -0.2) is 46.0 Å². The van der Waals surface area contributed by atoms with E-state index in [-0.39, 0.29) is 0 Å². The summed E-state index contributed by atoms with van der Waals surface area (Å²) in [4.78, 5) is 0. The molecule has 5 nitrogen and oxygen atoms in total. The summed E-state index contributed by atoms with van der Waals surface area (Å²) in [6, 6.07) is 3.59. The largest absolute Gasteiger partial charge is 0.496 e. The molecule has 7 heteroatoms. The van der Waals surface area contributed by atoms with E-state index in [1.165, 1.54) is 28.4 Å². The molecule has 100 valence electrons. The highest BCUT2D eigenvalue weighted by Crippen LogP contribution is 2.23. The first-order valence-electron chi connectivity index (χ1n) is 5.25. The van der Waals surface area contributed by atoms with E-state index in [4.69, 9.17) is 21.8 Å². The molecule has 0 bridgehead atoms. The minimum absolute atomic E-state index is 0.538. The van der Waals surface area contributed by atoms with Crippen molar-refractivity contribution in [3.8, 4) is 0 Å². The van der Waals surface area contributed by atoms with Crippen LogP contribution in [0.25, 0.3) is 0 Å². The topological polar surface area (TPSA) is 46.2 Å². The lowest BCUT2D eigenvalue weighted by atomic mass is 10.6. The highest BCUT2D eigenvalue weighted by Gasteiger charge is 2.51. The Morgan fingerprint density at radius 3 is 1.24 bits per heavy atom. The van der Waals surface area contributed by atoms with Gasteiger partial charge in [-0.1, -0.05) is 13.8 Å². The van der Waals surface area contributed by atoms with Crippen LogP contribution in [0, 0.1) is 25.9 Å². The van der Waals surface area contributed by atoms with E-state index in [0.717, 1.165) is 0 Å². The summed E-state index contributed by atoms with van der Waals surface area (Å²) in [6.45, 7) is 7.49. The predicted octanol–water partition coefficient (Wildman–Crippen LogP) is 1.40. The predicted molar refractivity (Wildman–Crippen MR) is 69.2 cm³/mol. The van der Waals surface area contributed by atoms with Gasteiger partial charge in [0.2, 0.25) is 0 Å². The van der Waals surface area contributed by atoms with Gasteiger partial charge in [-0.3, -0.25) is 0 Å². The fourth-order valence-corrected chi connectivity index (χ4v) is 6.60. The molecule has 0 aromatic rings. The summed E-state index contributed by atoms with van der Waals surface area (Å²) >= 11 is 0. The summed E-state index contributed by atoms with van der Waals surface area (Å²) in [5.74, 6) is 0. The number of hydrogen-bond donors (Lipinski definition) is 0. The molecule has 0 unspecified atom stereocenters. The van der Waals surface area contributed by atoms with E-state index in [1.54, 1.807) is 12.1 Å². The number of rotatable bonds is 10. The van der Waals surface area contributed by atoms with Crippen LogP contribution in [0.2, 0.25) is 0 Å². The van der Waals surface area contributed by atoms with Crippen LogP contribution < -0.4 is 0 Å². The highest BCUT2D eigenvalue weighted by atomic mass is 28.5. The molecule has 0 saturated carbocycles. The zero-order valence-electron chi connectivity index (χ0n) is 11.0. The van der Waals surface area contributed by atoms with Crippen LogP contribution in [0.5, 0.6) is 0 Å². The third-order valence-corrected chi connectivity index (χ3v) is 8.34. The minimum atomic E-state index is -2.89. The van der Waals surface area contributed by atoms with Gasteiger partial charge in [-0.05, 0) is 12.8 Å². The molecule has 0 aliphatic carbocycles. The first-order chi connectivity index (χ1) is 8.07. The molecule has 0 amide bonds. The lowest BCUT2D eigenvalue weighted by Gasteiger charge is -2.35. The zero-order valence-corrected chi connectivity index (χ0v) is 13.0.